The fourth-order valence-corrected chi connectivity index (χ4v) is 6.14. The van der Waals surface area contributed by atoms with Crippen LogP contribution in [0.25, 0.3) is 10.8 Å². The minimum absolute atomic E-state index is 0.0169. The van der Waals surface area contributed by atoms with Gasteiger partial charge in [0.25, 0.3) is 0 Å². The van der Waals surface area contributed by atoms with Gasteiger partial charge in [-0.05, 0) is 91.1 Å². The van der Waals surface area contributed by atoms with Crippen LogP contribution in [0.4, 0.5) is 4.79 Å². The maximum absolute atomic E-state index is 13.2. The number of rotatable bonds is 14. The van der Waals surface area contributed by atoms with Crippen molar-refractivity contribution in [3.05, 3.63) is 114 Å². The molecule has 50 heavy (non-hydrogen) atoms. The lowest BCUT2D eigenvalue weighted by Crippen LogP contribution is -2.45. The third-order valence-electron chi connectivity index (χ3n) is 8.63. The Labute approximate surface area is 295 Å². The van der Waals surface area contributed by atoms with Gasteiger partial charge in [0.2, 0.25) is 6.61 Å². The first-order valence-corrected chi connectivity index (χ1v) is 17.3. The zero-order chi connectivity index (χ0) is 35.3. The van der Waals surface area contributed by atoms with Gasteiger partial charge in [0.1, 0.15) is 11.4 Å². The molecule has 1 aliphatic rings. The van der Waals surface area contributed by atoms with E-state index < -0.39 is 11.6 Å². The summed E-state index contributed by atoms with van der Waals surface area (Å²) in [5.41, 5.74) is 3.29. The van der Waals surface area contributed by atoms with Crippen LogP contribution in [0, 0.1) is 5.92 Å². The second-order valence-electron chi connectivity index (χ2n) is 13.5. The Morgan fingerprint density at radius 1 is 0.880 bits per heavy atom. The first-order valence-electron chi connectivity index (χ1n) is 17.3. The van der Waals surface area contributed by atoms with Crippen LogP contribution >= 0.6 is 0 Å². The number of carbonyl (C=O) groups is 2. The molecule has 0 saturated carbocycles. The SMILES string of the molecule is COC(=O)CO/N=C(/CC1CN(C(=O)OC(C)(C)C)CCC1c1ccc(OCCCOCc2ccccc2)cc1)c1ccc2ccccc2c1. The molecular formula is C41H48N2O7. The molecule has 0 bridgehead atoms. The van der Waals surface area contributed by atoms with E-state index in [0.717, 1.165) is 46.1 Å². The third-order valence-corrected chi connectivity index (χ3v) is 8.63. The smallest absolute Gasteiger partial charge is 0.410 e. The summed E-state index contributed by atoms with van der Waals surface area (Å²) in [6.07, 6.45) is 1.71. The van der Waals surface area contributed by atoms with E-state index in [1.807, 2.05) is 69.3 Å². The van der Waals surface area contributed by atoms with E-state index >= 15 is 0 Å². The molecule has 2 atom stereocenters. The van der Waals surface area contributed by atoms with Gasteiger partial charge in [-0.15, -0.1) is 0 Å². The highest BCUT2D eigenvalue weighted by atomic mass is 16.6. The van der Waals surface area contributed by atoms with Gasteiger partial charge in [0.05, 0.1) is 32.6 Å². The number of esters is 1. The molecule has 0 N–H and O–H groups in total. The predicted molar refractivity (Wildman–Crippen MR) is 194 cm³/mol. The van der Waals surface area contributed by atoms with Crippen LogP contribution in [0.15, 0.2) is 102 Å². The van der Waals surface area contributed by atoms with Gasteiger partial charge >= 0.3 is 12.1 Å². The van der Waals surface area contributed by atoms with Crippen molar-refractivity contribution in [2.45, 2.75) is 58.2 Å². The van der Waals surface area contributed by atoms with Gasteiger partial charge in [-0.25, -0.2) is 9.59 Å². The molecule has 0 aliphatic carbocycles. The molecular weight excluding hydrogens is 632 g/mol. The van der Waals surface area contributed by atoms with Crippen LogP contribution in [0.3, 0.4) is 0 Å². The lowest BCUT2D eigenvalue weighted by Gasteiger charge is -2.39. The molecule has 1 saturated heterocycles. The largest absolute Gasteiger partial charge is 0.494 e. The minimum atomic E-state index is -0.604. The Hall–Kier alpha value is -4.89. The lowest BCUT2D eigenvalue weighted by molar-refractivity contribution is -0.145. The normalized spacial score (nSPS) is 16.6. The van der Waals surface area contributed by atoms with E-state index in [9.17, 15) is 9.59 Å². The summed E-state index contributed by atoms with van der Waals surface area (Å²) in [7, 11) is 1.31. The number of oxime groups is 1. The van der Waals surface area contributed by atoms with Crippen molar-refractivity contribution in [1.82, 2.24) is 4.90 Å². The van der Waals surface area contributed by atoms with E-state index in [0.29, 0.717) is 45.0 Å². The Morgan fingerprint density at radius 3 is 2.36 bits per heavy atom. The molecule has 0 aromatic heterocycles. The zero-order valence-corrected chi connectivity index (χ0v) is 29.5. The van der Waals surface area contributed by atoms with Crippen molar-refractivity contribution < 1.29 is 33.4 Å². The van der Waals surface area contributed by atoms with Crippen LogP contribution in [0.2, 0.25) is 0 Å². The Kier molecular flexibility index (Phi) is 12.9. The second-order valence-corrected chi connectivity index (χ2v) is 13.5. The lowest BCUT2D eigenvalue weighted by atomic mass is 9.77. The summed E-state index contributed by atoms with van der Waals surface area (Å²) in [4.78, 5) is 32.4. The molecule has 9 nitrogen and oxygen atoms in total. The average Bonchev–Trinajstić information content (AvgIpc) is 3.12. The highest BCUT2D eigenvalue weighted by Gasteiger charge is 2.35. The molecule has 0 radical (unpaired) electrons. The number of ether oxygens (including phenoxy) is 4. The fourth-order valence-electron chi connectivity index (χ4n) is 6.14. The number of hydrogen-bond donors (Lipinski definition) is 0. The van der Waals surface area contributed by atoms with Crippen LogP contribution < -0.4 is 4.74 Å². The summed E-state index contributed by atoms with van der Waals surface area (Å²) in [5.74, 6) is 0.395. The molecule has 1 aliphatic heterocycles. The second kappa shape index (κ2) is 17.7. The third kappa shape index (κ3) is 10.8. The van der Waals surface area contributed by atoms with E-state index in [1.54, 1.807) is 4.90 Å². The topological polar surface area (TPSA) is 95.9 Å². The quantitative estimate of drug-likeness (QED) is 0.0574. The fraction of sp³-hybridized carbons (Fsp3) is 0.390. The highest BCUT2D eigenvalue weighted by Crippen LogP contribution is 2.37. The number of amides is 1. The Bertz CT molecular complexity index is 1720. The van der Waals surface area contributed by atoms with Crippen molar-refractivity contribution in [2.75, 3.05) is 40.0 Å². The molecule has 4 aromatic rings. The van der Waals surface area contributed by atoms with Crippen LogP contribution in [-0.2, 0) is 30.4 Å². The molecule has 1 fully saturated rings. The van der Waals surface area contributed by atoms with Gasteiger partial charge in [0, 0.05) is 19.5 Å². The summed E-state index contributed by atoms with van der Waals surface area (Å²) in [6, 6.07) is 32.7. The van der Waals surface area contributed by atoms with Gasteiger partial charge in [-0.2, -0.15) is 0 Å². The van der Waals surface area contributed by atoms with E-state index in [-0.39, 0.29) is 24.5 Å². The number of nitrogens with zero attached hydrogens (tertiary/aromatic N) is 2. The first kappa shape index (κ1) is 36.4. The number of piperidine rings is 1. The van der Waals surface area contributed by atoms with Crippen LogP contribution in [0.1, 0.15) is 62.6 Å². The highest BCUT2D eigenvalue weighted by molar-refractivity contribution is 6.03. The van der Waals surface area contributed by atoms with E-state index in [1.165, 1.54) is 7.11 Å². The van der Waals surface area contributed by atoms with Gasteiger partial charge in [-0.1, -0.05) is 84.0 Å². The molecule has 1 heterocycles. The molecule has 1 amide bonds. The molecule has 264 valence electrons. The standard InChI is InChI=1S/C41H48N2O7/c1-41(2,3)50-40(45)43-22-21-37(32-17-19-36(20-18-32)48-24-10-23-47-28-30-11-6-5-7-12-30)35(27-43)26-38(42-49-29-39(44)46-4)34-16-15-31-13-8-9-14-33(31)25-34/h5-9,11-20,25,35,37H,10,21-24,26-29H2,1-4H3/b42-38-. The molecule has 2 unspecified atom stereocenters. The molecule has 5 rings (SSSR count). The van der Waals surface area contributed by atoms with Gasteiger partial charge < -0.3 is 28.7 Å². The number of carbonyl (C=O) groups excluding carboxylic acids is 2. The Morgan fingerprint density at radius 2 is 1.62 bits per heavy atom. The summed E-state index contributed by atoms with van der Waals surface area (Å²) in [5, 5.41) is 6.66. The van der Waals surface area contributed by atoms with E-state index in [4.69, 9.17) is 23.8 Å². The van der Waals surface area contributed by atoms with Crippen molar-refractivity contribution >= 4 is 28.5 Å². The number of fused-ring (bicyclic) bond motifs is 1. The molecule has 4 aromatic carbocycles. The van der Waals surface area contributed by atoms with Crippen molar-refractivity contribution in [2.24, 2.45) is 11.1 Å². The van der Waals surface area contributed by atoms with Crippen molar-refractivity contribution in [3.63, 3.8) is 0 Å². The van der Waals surface area contributed by atoms with Crippen LogP contribution in [0.5, 0.6) is 5.75 Å². The number of methoxy groups -OCH3 is 1. The Balaban J connectivity index is 1.31. The van der Waals surface area contributed by atoms with Gasteiger partial charge in [-0.3, -0.25) is 0 Å². The monoisotopic (exact) mass is 680 g/mol. The molecule has 9 heteroatoms. The van der Waals surface area contributed by atoms with Crippen LogP contribution in [-0.4, -0.2) is 68.3 Å². The predicted octanol–water partition coefficient (Wildman–Crippen LogP) is 8.15. The maximum atomic E-state index is 13.2. The number of benzene rings is 4. The molecule has 0 spiro atoms. The number of likely N-dealkylation sites (tertiary alicyclic amines) is 1. The zero-order valence-electron chi connectivity index (χ0n) is 29.5. The van der Waals surface area contributed by atoms with Crippen molar-refractivity contribution in [1.29, 1.82) is 0 Å². The summed E-state index contributed by atoms with van der Waals surface area (Å²) >= 11 is 0. The van der Waals surface area contributed by atoms with E-state index in [2.05, 4.69) is 53.7 Å². The summed E-state index contributed by atoms with van der Waals surface area (Å²) in [6.45, 7) is 8.14. The summed E-state index contributed by atoms with van der Waals surface area (Å²) < 4.78 is 22.3. The van der Waals surface area contributed by atoms with Gasteiger partial charge in [0.15, 0.2) is 0 Å². The maximum Gasteiger partial charge on any atom is 0.410 e. The average molecular weight is 681 g/mol. The number of hydrogen-bond acceptors (Lipinski definition) is 8. The van der Waals surface area contributed by atoms with Crippen molar-refractivity contribution in [3.8, 4) is 5.75 Å². The minimum Gasteiger partial charge on any atom is -0.494 e. The first-order chi connectivity index (χ1) is 24.2.